The summed E-state index contributed by atoms with van der Waals surface area (Å²) in [6, 6.07) is 1.87. The van der Waals surface area contributed by atoms with Crippen molar-refractivity contribution in [1.82, 2.24) is 9.97 Å². The molecule has 0 bridgehead atoms. The molecule has 0 spiro atoms. The number of aryl methyl sites for hydroxylation is 1. The summed E-state index contributed by atoms with van der Waals surface area (Å²) in [5, 5.41) is 3.09. The van der Waals surface area contributed by atoms with E-state index in [-0.39, 0.29) is 13.0 Å². The number of nitrogens with zero attached hydrogens (tertiary/aromatic N) is 2. The number of hydrogen-bond acceptors (Lipinski definition) is 4. The molecule has 0 fully saturated rings. The molecule has 1 aromatic heterocycles. The number of rotatable bonds is 8. The van der Waals surface area contributed by atoms with Gasteiger partial charge in [-0.2, -0.15) is 13.2 Å². The van der Waals surface area contributed by atoms with Crippen LogP contribution in [0.2, 0.25) is 0 Å². The Bertz CT molecular complexity index is 386. The highest BCUT2D eigenvalue weighted by atomic mass is 19.4. The van der Waals surface area contributed by atoms with Crippen LogP contribution in [-0.4, -0.2) is 35.9 Å². The third-order valence-corrected chi connectivity index (χ3v) is 2.43. The van der Waals surface area contributed by atoms with Crippen LogP contribution < -0.4 is 5.32 Å². The molecule has 4 nitrogen and oxygen atoms in total. The van der Waals surface area contributed by atoms with Crippen LogP contribution >= 0.6 is 0 Å². The lowest BCUT2D eigenvalue weighted by Crippen LogP contribution is -2.18. The van der Waals surface area contributed by atoms with Gasteiger partial charge in [0.1, 0.15) is 18.2 Å². The van der Waals surface area contributed by atoms with Crippen molar-refractivity contribution < 1.29 is 17.9 Å². The average Bonchev–Trinajstić information content (AvgIpc) is 2.34. The van der Waals surface area contributed by atoms with Gasteiger partial charge in [0.2, 0.25) is 0 Å². The van der Waals surface area contributed by atoms with Crippen LogP contribution in [0.25, 0.3) is 0 Å². The van der Waals surface area contributed by atoms with Gasteiger partial charge in [0, 0.05) is 24.7 Å². The van der Waals surface area contributed by atoms with E-state index < -0.39 is 12.8 Å². The molecule has 0 aliphatic carbocycles. The van der Waals surface area contributed by atoms with E-state index in [1.165, 1.54) is 0 Å². The van der Waals surface area contributed by atoms with Gasteiger partial charge in [-0.05, 0) is 13.3 Å². The van der Waals surface area contributed by atoms with Gasteiger partial charge in [-0.25, -0.2) is 9.97 Å². The maximum atomic E-state index is 11.9. The number of halogens is 3. The monoisotopic (exact) mass is 291 g/mol. The van der Waals surface area contributed by atoms with E-state index in [2.05, 4.69) is 20.0 Å². The van der Waals surface area contributed by atoms with Crippen LogP contribution in [-0.2, 0) is 17.6 Å². The Balaban J connectivity index is 2.58. The second-order valence-corrected chi connectivity index (χ2v) is 4.36. The zero-order valence-electron chi connectivity index (χ0n) is 11.8. The quantitative estimate of drug-likeness (QED) is 0.748. The lowest BCUT2D eigenvalue weighted by molar-refractivity contribution is -0.173. The molecule has 0 unspecified atom stereocenters. The number of alkyl halides is 3. The number of ether oxygens (including phenoxy) is 1. The third kappa shape index (κ3) is 6.70. The summed E-state index contributed by atoms with van der Waals surface area (Å²) < 4.78 is 40.4. The van der Waals surface area contributed by atoms with Gasteiger partial charge in [0.25, 0.3) is 0 Å². The Morgan fingerprint density at radius 2 is 1.95 bits per heavy atom. The minimum absolute atomic E-state index is 0.0410. The molecule has 0 aliphatic rings. The minimum Gasteiger partial charge on any atom is -0.372 e. The Labute approximate surface area is 116 Å². The maximum Gasteiger partial charge on any atom is 0.411 e. The molecule has 1 N–H and O–H groups in total. The normalized spacial score (nSPS) is 11.7. The molecule has 0 aliphatic heterocycles. The van der Waals surface area contributed by atoms with Gasteiger partial charge in [-0.3, -0.25) is 0 Å². The fourth-order valence-corrected chi connectivity index (χ4v) is 1.67. The first-order valence-corrected chi connectivity index (χ1v) is 6.69. The van der Waals surface area contributed by atoms with Crippen LogP contribution in [0.15, 0.2) is 6.07 Å². The van der Waals surface area contributed by atoms with E-state index >= 15 is 0 Å². The highest BCUT2D eigenvalue weighted by Crippen LogP contribution is 2.14. The van der Waals surface area contributed by atoms with Crippen LogP contribution in [0.1, 0.15) is 31.8 Å². The zero-order chi connectivity index (χ0) is 15.0. The standard InChI is InChI=1S/C13H20F3N3O/c1-3-5-10-8-12(17-4-2)19-11(18-10)6-7-20-9-13(14,15)16/h8H,3-7,9H2,1-2H3,(H,17,18,19). The van der Waals surface area contributed by atoms with Crippen LogP contribution in [0.3, 0.4) is 0 Å². The van der Waals surface area contributed by atoms with E-state index in [1.807, 2.05) is 19.9 Å². The van der Waals surface area contributed by atoms with Gasteiger partial charge >= 0.3 is 6.18 Å². The van der Waals surface area contributed by atoms with Crippen molar-refractivity contribution in [1.29, 1.82) is 0 Å². The van der Waals surface area contributed by atoms with Crippen molar-refractivity contribution in [3.8, 4) is 0 Å². The molecule has 0 saturated heterocycles. The number of anilines is 1. The molecule has 0 aromatic carbocycles. The van der Waals surface area contributed by atoms with Crippen molar-refractivity contribution in [2.24, 2.45) is 0 Å². The van der Waals surface area contributed by atoms with E-state index in [0.29, 0.717) is 11.6 Å². The summed E-state index contributed by atoms with van der Waals surface area (Å²) in [5.74, 6) is 1.21. The number of nitrogens with one attached hydrogen (secondary N) is 1. The van der Waals surface area contributed by atoms with Crippen molar-refractivity contribution in [2.75, 3.05) is 25.1 Å². The number of hydrogen-bond donors (Lipinski definition) is 1. The molecule has 0 atom stereocenters. The summed E-state index contributed by atoms with van der Waals surface area (Å²) in [6.45, 7) is 3.45. The second-order valence-electron chi connectivity index (χ2n) is 4.36. The van der Waals surface area contributed by atoms with Gasteiger partial charge in [-0.15, -0.1) is 0 Å². The second kappa shape index (κ2) is 8.04. The van der Waals surface area contributed by atoms with Crippen LogP contribution in [0.4, 0.5) is 19.0 Å². The van der Waals surface area contributed by atoms with Crippen molar-refractivity contribution >= 4 is 5.82 Å². The first-order chi connectivity index (χ1) is 9.44. The molecule has 114 valence electrons. The first-order valence-electron chi connectivity index (χ1n) is 6.69. The van der Waals surface area contributed by atoms with Crippen molar-refractivity contribution in [2.45, 2.75) is 39.3 Å². The lowest BCUT2D eigenvalue weighted by atomic mass is 10.2. The molecule has 20 heavy (non-hydrogen) atoms. The Kier molecular flexibility index (Phi) is 6.70. The topological polar surface area (TPSA) is 47.0 Å². The predicted molar refractivity (Wildman–Crippen MR) is 70.8 cm³/mol. The SMILES string of the molecule is CCCc1cc(NCC)nc(CCOCC(F)(F)F)n1. The highest BCUT2D eigenvalue weighted by molar-refractivity contribution is 5.36. The molecule has 1 rings (SSSR count). The number of aromatic nitrogens is 2. The summed E-state index contributed by atoms with van der Waals surface area (Å²) in [7, 11) is 0. The molecular formula is C13H20F3N3O. The molecule has 1 heterocycles. The largest absolute Gasteiger partial charge is 0.411 e. The maximum absolute atomic E-state index is 11.9. The van der Waals surface area contributed by atoms with Gasteiger partial charge in [-0.1, -0.05) is 13.3 Å². The Hall–Kier alpha value is -1.37. The van der Waals surface area contributed by atoms with Crippen LogP contribution in [0.5, 0.6) is 0 Å². The highest BCUT2D eigenvalue weighted by Gasteiger charge is 2.27. The fraction of sp³-hybridized carbons (Fsp3) is 0.692. The zero-order valence-corrected chi connectivity index (χ0v) is 11.8. The Morgan fingerprint density at radius 3 is 2.55 bits per heavy atom. The fourth-order valence-electron chi connectivity index (χ4n) is 1.67. The summed E-state index contributed by atoms with van der Waals surface area (Å²) in [5.41, 5.74) is 0.893. The van der Waals surface area contributed by atoms with Gasteiger partial charge in [0.05, 0.1) is 6.61 Å². The predicted octanol–water partition coefficient (Wildman–Crippen LogP) is 2.98. The van der Waals surface area contributed by atoms with Gasteiger partial charge < -0.3 is 10.1 Å². The van der Waals surface area contributed by atoms with Crippen molar-refractivity contribution in [3.05, 3.63) is 17.6 Å². The molecule has 7 heteroatoms. The molecule has 0 radical (unpaired) electrons. The molecule has 1 aromatic rings. The van der Waals surface area contributed by atoms with E-state index in [0.717, 1.165) is 25.1 Å². The average molecular weight is 291 g/mol. The Morgan fingerprint density at radius 1 is 1.20 bits per heavy atom. The first kappa shape index (κ1) is 16.7. The van der Waals surface area contributed by atoms with E-state index in [9.17, 15) is 13.2 Å². The van der Waals surface area contributed by atoms with E-state index in [1.54, 1.807) is 0 Å². The lowest BCUT2D eigenvalue weighted by Gasteiger charge is -2.10. The summed E-state index contributed by atoms with van der Waals surface area (Å²) in [4.78, 5) is 8.58. The molecular weight excluding hydrogens is 271 g/mol. The summed E-state index contributed by atoms with van der Waals surface area (Å²) in [6.07, 6.45) is -2.25. The summed E-state index contributed by atoms with van der Waals surface area (Å²) >= 11 is 0. The molecule has 0 amide bonds. The van der Waals surface area contributed by atoms with Crippen molar-refractivity contribution in [3.63, 3.8) is 0 Å². The van der Waals surface area contributed by atoms with Gasteiger partial charge in [0.15, 0.2) is 0 Å². The van der Waals surface area contributed by atoms with E-state index in [4.69, 9.17) is 0 Å². The third-order valence-electron chi connectivity index (χ3n) is 2.43. The minimum atomic E-state index is -4.29. The smallest absolute Gasteiger partial charge is 0.372 e. The molecule has 0 saturated carbocycles. The van der Waals surface area contributed by atoms with Crippen LogP contribution in [0, 0.1) is 0 Å².